The van der Waals surface area contributed by atoms with Crippen LogP contribution in [0.3, 0.4) is 0 Å². The van der Waals surface area contributed by atoms with Crippen molar-refractivity contribution in [3.05, 3.63) is 34.6 Å². The summed E-state index contributed by atoms with van der Waals surface area (Å²) in [6, 6.07) is 3.45. The number of amides is 2. The van der Waals surface area contributed by atoms with Crippen LogP contribution >= 0.6 is 11.6 Å². The van der Waals surface area contributed by atoms with Crippen LogP contribution in [0.2, 0.25) is 5.02 Å². The molecule has 1 unspecified atom stereocenters. The number of aliphatic hydroxyl groups is 1. The van der Waals surface area contributed by atoms with E-state index < -0.39 is 33.6 Å². The van der Waals surface area contributed by atoms with E-state index in [-0.39, 0.29) is 42.4 Å². The Bertz CT molecular complexity index is 950. The van der Waals surface area contributed by atoms with Gasteiger partial charge in [0.2, 0.25) is 10.0 Å². The number of rotatable bonds is 7. The molecule has 1 aliphatic carbocycles. The van der Waals surface area contributed by atoms with Crippen LogP contribution in [0.4, 0.5) is 9.18 Å². The Labute approximate surface area is 191 Å². The zero-order valence-corrected chi connectivity index (χ0v) is 19.2. The number of alkyl carbamates (subject to hydrolysis) is 1. The molecular formula is C20H27ClFN3O6S. The van der Waals surface area contributed by atoms with Crippen molar-refractivity contribution in [1.29, 1.82) is 0 Å². The van der Waals surface area contributed by atoms with Crippen LogP contribution in [-0.2, 0) is 26.1 Å². The lowest BCUT2D eigenvalue weighted by Crippen LogP contribution is -2.50. The van der Waals surface area contributed by atoms with Crippen molar-refractivity contribution in [3.8, 4) is 0 Å². The molecule has 0 spiro atoms. The average molecular weight is 492 g/mol. The molecule has 1 saturated heterocycles. The van der Waals surface area contributed by atoms with Gasteiger partial charge in [-0.15, -0.1) is 0 Å². The van der Waals surface area contributed by atoms with Gasteiger partial charge in [-0.3, -0.25) is 4.79 Å². The Morgan fingerprint density at radius 2 is 2.00 bits per heavy atom. The largest absolute Gasteiger partial charge is 0.410 e. The summed E-state index contributed by atoms with van der Waals surface area (Å²) in [6.07, 6.45) is 1.21. The predicted molar refractivity (Wildman–Crippen MR) is 115 cm³/mol. The van der Waals surface area contributed by atoms with Crippen molar-refractivity contribution in [2.24, 2.45) is 0 Å². The number of sulfonamides is 1. The number of nitrogens with one attached hydrogen (secondary N) is 2. The minimum atomic E-state index is -3.29. The lowest BCUT2D eigenvalue weighted by molar-refractivity contribution is -0.183. The summed E-state index contributed by atoms with van der Waals surface area (Å²) in [5, 5.41) is 13.2. The number of halogens is 2. The van der Waals surface area contributed by atoms with Crippen LogP contribution in [0.1, 0.15) is 44.6 Å². The molecule has 1 heterocycles. The molecule has 178 valence electrons. The van der Waals surface area contributed by atoms with Crippen molar-refractivity contribution in [2.75, 3.05) is 12.3 Å². The van der Waals surface area contributed by atoms with E-state index in [1.165, 1.54) is 17.0 Å². The molecular weight excluding hydrogens is 465 g/mol. The molecule has 2 amide bonds. The molecule has 1 atom stereocenters. The van der Waals surface area contributed by atoms with E-state index in [1.54, 1.807) is 6.92 Å². The maximum Gasteiger partial charge on any atom is 0.410 e. The quantitative estimate of drug-likeness (QED) is 0.500. The number of nitrogens with zero attached hydrogens (tertiary/aromatic N) is 1. The first-order valence-electron chi connectivity index (χ1n) is 10.5. The first-order valence-corrected chi connectivity index (χ1v) is 12.5. The van der Waals surface area contributed by atoms with Crippen LogP contribution in [-0.4, -0.2) is 60.6 Å². The molecule has 3 N–H and O–H groups in total. The molecule has 0 radical (unpaired) electrons. The van der Waals surface area contributed by atoms with Gasteiger partial charge in [-0.05, 0) is 56.4 Å². The van der Waals surface area contributed by atoms with Crippen LogP contribution in [0, 0.1) is 5.82 Å². The number of likely N-dealkylation sites (tertiary alicyclic amines) is 1. The highest BCUT2D eigenvalue weighted by Crippen LogP contribution is 2.32. The van der Waals surface area contributed by atoms with Gasteiger partial charge in [0.1, 0.15) is 5.82 Å². The second-order valence-electron chi connectivity index (χ2n) is 8.08. The second-order valence-corrected chi connectivity index (χ2v) is 10.6. The minimum absolute atomic E-state index is 0.0101. The van der Waals surface area contributed by atoms with Crippen LogP contribution in [0.25, 0.3) is 0 Å². The number of benzene rings is 1. The van der Waals surface area contributed by atoms with Crippen molar-refractivity contribution in [3.63, 3.8) is 0 Å². The molecule has 1 aliphatic heterocycles. The molecule has 1 aromatic rings. The first-order chi connectivity index (χ1) is 15.0. The van der Waals surface area contributed by atoms with Gasteiger partial charge in [0.25, 0.3) is 11.7 Å². The van der Waals surface area contributed by atoms with Gasteiger partial charge in [0, 0.05) is 36.6 Å². The van der Waals surface area contributed by atoms with E-state index >= 15 is 0 Å². The van der Waals surface area contributed by atoms with Crippen molar-refractivity contribution >= 4 is 33.6 Å². The fourth-order valence-corrected chi connectivity index (χ4v) is 5.22. The Morgan fingerprint density at radius 1 is 1.31 bits per heavy atom. The third-order valence-corrected chi connectivity index (χ3v) is 7.44. The van der Waals surface area contributed by atoms with Crippen LogP contribution in [0.5, 0.6) is 0 Å². The standard InChI is InChI=1S/C20H27ClFN3O6S/c1-2-32(29,30)24-16-3-5-17(6-4-16)25-8-7-20(28,18(25)26)31-19(27)23-12-13-9-14(21)11-15(22)10-13/h9-11,16-17,24,28H,2-8,12H2,1H3,(H,23,27). The van der Waals surface area contributed by atoms with Gasteiger partial charge in [0.15, 0.2) is 0 Å². The predicted octanol–water partition coefficient (Wildman–Crippen LogP) is 1.88. The van der Waals surface area contributed by atoms with E-state index in [4.69, 9.17) is 16.3 Å². The summed E-state index contributed by atoms with van der Waals surface area (Å²) in [7, 11) is -3.29. The van der Waals surface area contributed by atoms with E-state index in [2.05, 4.69) is 10.0 Å². The van der Waals surface area contributed by atoms with Gasteiger partial charge < -0.3 is 20.1 Å². The molecule has 9 nitrogen and oxygen atoms in total. The molecule has 0 aromatic heterocycles. The number of hydrogen-bond acceptors (Lipinski definition) is 6. The Morgan fingerprint density at radius 3 is 2.62 bits per heavy atom. The highest BCUT2D eigenvalue weighted by Gasteiger charge is 2.51. The van der Waals surface area contributed by atoms with Crippen molar-refractivity contribution in [1.82, 2.24) is 14.9 Å². The van der Waals surface area contributed by atoms with Gasteiger partial charge in [-0.25, -0.2) is 22.3 Å². The molecule has 0 bridgehead atoms. The van der Waals surface area contributed by atoms with E-state index in [0.717, 1.165) is 6.07 Å². The van der Waals surface area contributed by atoms with Crippen LogP contribution < -0.4 is 10.0 Å². The summed E-state index contributed by atoms with van der Waals surface area (Å²) in [6.45, 7) is 1.70. The van der Waals surface area contributed by atoms with Crippen LogP contribution in [0.15, 0.2) is 18.2 Å². The second kappa shape index (κ2) is 9.90. The van der Waals surface area contributed by atoms with Gasteiger partial charge in [-0.2, -0.15) is 0 Å². The highest BCUT2D eigenvalue weighted by atomic mass is 35.5. The summed E-state index contributed by atoms with van der Waals surface area (Å²) in [5.74, 6) is -3.51. The van der Waals surface area contributed by atoms with E-state index in [0.29, 0.717) is 31.2 Å². The number of carbonyl (C=O) groups is 2. The minimum Gasteiger partial charge on any atom is -0.407 e. The monoisotopic (exact) mass is 491 g/mol. The highest BCUT2D eigenvalue weighted by molar-refractivity contribution is 7.89. The van der Waals surface area contributed by atoms with Gasteiger partial charge >= 0.3 is 6.09 Å². The molecule has 1 aromatic carbocycles. The van der Waals surface area contributed by atoms with Crippen molar-refractivity contribution in [2.45, 2.75) is 63.4 Å². The fourth-order valence-electron chi connectivity index (χ4n) is 4.07. The summed E-state index contributed by atoms with van der Waals surface area (Å²) < 4.78 is 44.5. The summed E-state index contributed by atoms with van der Waals surface area (Å²) >= 11 is 5.77. The smallest absolute Gasteiger partial charge is 0.407 e. The lowest BCUT2D eigenvalue weighted by Gasteiger charge is -2.35. The Hall–Kier alpha value is -1.95. The number of hydrogen-bond donors (Lipinski definition) is 3. The molecule has 2 fully saturated rings. The lowest BCUT2D eigenvalue weighted by atomic mass is 9.91. The molecule has 12 heteroatoms. The van der Waals surface area contributed by atoms with Crippen molar-refractivity contribution < 1.29 is 32.2 Å². The normalized spacial score (nSPS) is 26.2. The summed E-state index contributed by atoms with van der Waals surface area (Å²) in [5.41, 5.74) is 0.397. The Balaban J connectivity index is 1.51. The maximum atomic E-state index is 13.4. The van der Waals surface area contributed by atoms with E-state index in [9.17, 15) is 27.5 Å². The van der Waals surface area contributed by atoms with Gasteiger partial charge in [-0.1, -0.05) is 11.6 Å². The molecule has 2 aliphatic rings. The number of carbonyl (C=O) groups excluding carboxylic acids is 2. The van der Waals surface area contributed by atoms with E-state index in [1.807, 2.05) is 0 Å². The zero-order chi connectivity index (χ0) is 23.5. The average Bonchev–Trinajstić information content (AvgIpc) is 3.00. The third-order valence-electron chi connectivity index (χ3n) is 5.77. The third kappa shape index (κ3) is 6.09. The Kier molecular flexibility index (Phi) is 7.64. The summed E-state index contributed by atoms with van der Waals surface area (Å²) in [4.78, 5) is 26.4. The molecule has 32 heavy (non-hydrogen) atoms. The maximum absolute atomic E-state index is 13.4. The number of ether oxygens (including phenoxy) is 1. The molecule has 3 rings (SSSR count). The first kappa shape index (κ1) is 24.7. The molecule has 1 saturated carbocycles. The SMILES string of the molecule is CCS(=O)(=O)NC1CCC(N2CCC(O)(OC(=O)NCc3cc(F)cc(Cl)c3)C2=O)CC1. The topological polar surface area (TPSA) is 125 Å². The zero-order valence-electron chi connectivity index (χ0n) is 17.6. The van der Waals surface area contributed by atoms with Gasteiger partial charge in [0.05, 0.1) is 5.75 Å². The fraction of sp³-hybridized carbons (Fsp3) is 0.600.